The normalized spacial score (nSPS) is 15.8. The van der Waals surface area contributed by atoms with Crippen LogP contribution in [0.3, 0.4) is 0 Å². The van der Waals surface area contributed by atoms with E-state index in [0.29, 0.717) is 18.1 Å². The first-order chi connectivity index (χ1) is 9.20. The Balaban J connectivity index is 2.05. The Morgan fingerprint density at radius 2 is 2.26 bits per heavy atom. The molecule has 2 amide bonds. The fourth-order valence-electron chi connectivity index (χ4n) is 1.55. The van der Waals surface area contributed by atoms with Gasteiger partial charge in [-0.1, -0.05) is 23.9 Å². The summed E-state index contributed by atoms with van der Waals surface area (Å²) in [7, 11) is 1.56. The van der Waals surface area contributed by atoms with E-state index in [-0.39, 0.29) is 11.8 Å². The van der Waals surface area contributed by atoms with Crippen molar-refractivity contribution in [3.63, 3.8) is 0 Å². The summed E-state index contributed by atoms with van der Waals surface area (Å²) >= 11 is 1.29. The monoisotopic (exact) mass is 278 g/mol. The molecule has 0 aliphatic carbocycles. The molecule has 0 bridgehead atoms. The van der Waals surface area contributed by atoms with Crippen molar-refractivity contribution in [1.82, 2.24) is 5.32 Å². The highest BCUT2D eigenvalue weighted by Gasteiger charge is 2.21. The van der Waals surface area contributed by atoms with Gasteiger partial charge in [0, 0.05) is 24.6 Å². The third-order valence-corrected chi connectivity index (χ3v) is 3.55. The molecule has 6 heteroatoms. The van der Waals surface area contributed by atoms with E-state index in [2.05, 4.69) is 10.6 Å². The van der Waals surface area contributed by atoms with Crippen molar-refractivity contribution in [3.8, 4) is 0 Å². The molecule has 1 aromatic rings. The van der Waals surface area contributed by atoms with Gasteiger partial charge in [0.05, 0.1) is 17.2 Å². The molecule has 2 N–H and O–H groups in total. The minimum absolute atomic E-state index is 0.259. The summed E-state index contributed by atoms with van der Waals surface area (Å²) in [5, 5.41) is 5.39. The summed E-state index contributed by atoms with van der Waals surface area (Å²) in [4.78, 5) is 24.7. The average Bonchev–Trinajstić information content (AvgIpc) is 2.40. The lowest BCUT2D eigenvalue weighted by Gasteiger charge is -2.17. The van der Waals surface area contributed by atoms with E-state index in [0.717, 1.165) is 10.6 Å². The molecule has 1 aliphatic heterocycles. The zero-order chi connectivity index (χ0) is 13.7. The van der Waals surface area contributed by atoms with E-state index < -0.39 is 0 Å². The van der Waals surface area contributed by atoms with Crippen LogP contribution in [0, 0.1) is 0 Å². The van der Waals surface area contributed by atoms with Gasteiger partial charge in [0.15, 0.2) is 0 Å². The lowest BCUT2D eigenvalue weighted by Crippen LogP contribution is -2.27. The van der Waals surface area contributed by atoms with Crippen molar-refractivity contribution in [3.05, 3.63) is 35.2 Å². The van der Waals surface area contributed by atoms with E-state index in [9.17, 15) is 9.59 Å². The topological polar surface area (TPSA) is 67.4 Å². The molecule has 1 aliphatic rings. The SMILES string of the molecule is COCCNC(=O)C=C1Sc2ccccc2NC1=O. The number of carbonyl (C=O) groups is 2. The van der Waals surface area contributed by atoms with Gasteiger partial charge in [-0.25, -0.2) is 0 Å². The summed E-state index contributed by atoms with van der Waals surface area (Å²) < 4.78 is 4.83. The summed E-state index contributed by atoms with van der Waals surface area (Å²) in [6, 6.07) is 7.47. The second-order valence-electron chi connectivity index (χ2n) is 3.84. The van der Waals surface area contributed by atoms with Gasteiger partial charge in [0.1, 0.15) is 0 Å². The molecule has 0 aromatic heterocycles. The predicted octanol–water partition coefficient (Wildman–Crippen LogP) is 1.38. The first-order valence-electron chi connectivity index (χ1n) is 5.77. The molecule has 2 rings (SSSR count). The fourth-order valence-corrected chi connectivity index (χ4v) is 2.47. The summed E-state index contributed by atoms with van der Waals surface area (Å²) in [5.74, 6) is -0.556. The van der Waals surface area contributed by atoms with Crippen LogP contribution < -0.4 is 10.6 Å². The average molecular weight is 278 g/mol. The van der Waals surface area contributed by atoms with Gasteiger partial charge in [-0.3, -0.25) is 9.59 Å². The quantitative estimate of drug-likeness (QED) is 0.645. The Hall–Kier alpha value is -1.79. The van der Waals surface area contributed by atoms with E-state index in [1.54, 1.807) is 7.11 Å². The molecular formula is C13H14N2O3S. The highest BCUT2D eigenvalue weighted by Crippen LogP contribution is 2.37. The van der Waals surface area contributed by atoms with E-state index >= 15 is 0 Å². The van der Waals surface area contributed by atoms with Gasteiger partial charge in [-0.2, -0.15) is 0 Å². The molecule has 0 fully saturated rings. The van der Waals surface area contributed by atoms with E-state index in [4.69, 9.17) is 4.74 Å². The Morgan fingerprint density at radius 3 is 3.05 bits per heavy atom. The Kier molecular flexibility index (Phi) is 4.59. The molecule has 0 radical (unpaired) electrons. The maximum Gasteiger partial charge on any atom is 0.262 e. The molecule has 1 heterocycles. The van der Waals surface area contributed by atoms with Crippen molar-refractivity contribution in [2.45, 2.75) is 4.90 Å². The van der Waals surface area contributed by atoms with Crippen LogP contribution in [0.1, 0.15) is 0 Å². The molecule has 0 unspecified atom stereocenters. The van der Waals surface area contributed by atoms with Crippen LogP contribution in [0.15, 0.2) is 40.1 Å². The number of anilines is 1. The minimum Gasteiger partial charge on any atom is -0.383 e. The number of fused-ring (bicyclic) bond motifs is 1. The lowest BCUT2D eigenvalue weighted by atomic mass is 10.3. The Bertz CT molecular complexity index is 528. The smallest absolute Gasteiger partial charge is 0.262 e. The highest BCUT2D eigenvalue weighted by atomic mass is 32.2. The second-order valence-corrected chi connectivity index (χ2v) is 4.93. The first-order valence-corrected chi connectivity index (χ1v) is 6.59. The number of thioether (sulfide) groups is 1. The Morgan fingerprint density at radius 1 is 1.47 bits per heavy atom. The molecular weight excluding hydrogens is 264 g/mol. The first kappa shape index (κ1) is 13.6. The number of rotatable bonds is 4. The molecule has 0 saturated heterocycles. The molecule has 19 heavy (non-hydrogen) atoms. The van der Waals surface area contributed by atoms with Crippen molar-refractivity contribution in [1.29, 1.82) is 0 Å². The second kappa shape index (κ2) is 6.40. The number of para-hydroxylation sites is 1. The number of ether oxygens (including phenoxy) is 1. The van der Waals surface area contributed by atoms with Crippen molar-refractivity contribution in [2.75, 3.05) is 25.6 Å². The van der Waals surface area contributed by atoms with Crippen LogP contribution in [0.4, 0.5) is 5.69 Å². The largest absolute Gasteiger partial charge is 0.383 e. The van der Waals surface area contributed by atoms with E-state index in [1.807, 2.05) is 24.3 Å². The third-order valence-electron chi connectivity index (χ3n) is 2.45. The van der Waals surface area contributed by atoms with Crippen LogP contribution >= 0.6 is 11.8 Å². The summed E-state index contributed by atoms with van der Waals surface area (Å²) in [6.07, 6.45) is 1.31. The predicted molar refractivity (Wildman–Crippen MR) is 73.9 cm³/mol. The number of benzene rings is 1. The molecule has 0 saturated carbocycles. The Labute approximate surface area is 115 Å². The van der Waals surface area contributed by atoms with Crippen LogP contribution in [0.25, 0.3) is 0 Å². The third kappa shape index (κ3) is 3.59. The molecule has 1 aromatic carbocycles. The summed E-state index contributed by atoms with van der Waals surface area (Å²) in [5.41, 5.74) is 0.773. The van der Waals surface area contributed by atoms with Gasteiger partial charge in [0.25, 0.3) is 5.91 Å². The fraction of sp³-hybridized carbons (Fsp3) is 0.231. The van der Waals surface area contributed by atoms with Gasteiger partial charge in [-0.15, -0.1) is 0 Å². The van der Waals surface area contributed by atoms with Gasteiger partial charge < -0.3 is 15.4 Å². The summed E-state index contributed by atoms with van der Waals surface area (Å²) in [6.45, 7) is 0.860. The van der Waals surface area contributed by atoms with Gasteiger partial charge >= 0.3 is 0 Å². The molecule has 0 atom stereocenters. The standard InChI is InChI=1S/C13H14N2O3S/c1-18-7-6-14-12(16)8-11-13(17)15-9-4-2-3-5-10(9)19-11/h2-5,8H,6-7H2,1H3,(H,14,16)(H,15,17). The zero-order valence-electron chi connectivity index (χ0n) is 10.4. The molecule has 100 valence electrons. The van der Waals surface area contributed by atoms with E-state index in [1.165, 1.54) is 17.8 Å². The maximum atomic E-state index is 11.8. The lowest BCUT2D eigenvalue weighted by molar-refractivity contribution is -0.117. The zero-order valence-corrected chi connectivity index (χ0v) is 11.3. The number of hydrogen-bond donors (Lipinski definition) is 2. The highest BCUT2D eigenvalue weighted by molar-refractivity contribution is 8.04. The number of methoxy groups -OCH3 is 1. The van der Waals surface area contributed by atoms with Crippen molar-refractivity contribution < 1.29 is 14.3 Å². The van der Waals surface area contributed by atoms with Gasteiger partial charge in [0.2, 0.25) is 5.91 Å². The maximum absolute atomic E-state index is 11.8. The van der Waals surface area contributed by atoms with Crippen LogP contribution in [-0.4, -0.2) is 32.1 Å². The molecule has 5 nitrogen and oxygen atoms in total. The number of carbonyl (C=O) groups excluding carboxylic acids is 2. The van der Waals surface area contributed by atoms with Crippen LogP contribution in [-0.2, 0) is 14.3 Å². The van der Waals surface area contributed by atoms with Crippen molar-refractivity contribution >= 4 is 29.3 Å². The minimum atomic E-state index is -0.297. The number of nitrogens with one attached hydrogen (secondary N) is 2. The van der Waals surface area contributed by atoms with Crippen LogP contribution in [0.2, 0.25) is 0 Å². The van der Waals surface area contributed by atoms with Gasteiger partial charge in [-0.05, 0) is 12.1 Å². The van der Waals surface area contributed by atoms with Crippen molar-refractivity contribution in [2.24, 2.45) is 0 Å². The van der Waals surface area contributed by atoms with Crippen LogP contribution in [0.5, 0.6) is 0 Å². The number of hydrogen-bond acceptors (Lipinski definition) is 4. The number of amides is 2. The molecule has 0 spiro atoms.